The van der Waals surface area contributed by atoms with Crippen molar-refractivity contribution in [1.82, 2.24) is 14.4 Å². The van der Waals surface area contributed by atoms with Crippen molar-refractivity contribution in [3.63, 3.8) is 0 Å². The smallest absolute Gasteiger partial charge is 0.223 e. The summed E-state index contributed by atoms with van der Waals surface area (Å²) in [4.78, 5) is 17.2. The van der Waals surface area contributed by atoms with Gasteiger partial charge in [-0.25, -0.2) is 0 Å². The van der Waals surface area contributed by atoms with Gasteiger partial charge in [0.25, 0.3) is 0 Å². The second kappa shape index (κ2) is 8.74. The number of amides is 1. The average molecular weight is 374 g/mol. The van der Waals surface area contributed by atoms with Gasteiger partial charge in [-0.2, -0.15) is 0 Å². The number of hydrogen-bond donors (Lipinski definition) is 0. The highest BCUT2D eigenvalue weighted by Crippen LogP contribution is 2.22. The average Bonchev–Trinajstić information content (AvgIpc) is 2.97. The van der Waals surface area contributed by atoms with Gasteiger partial charge in [-0.15, -0.1) is 0 Å². The van der Waals surface area contributed by atoms with E-state index in [2.05, 4.69) is 41.9 Å². The monoisotopic (exact) mass is 373 g/mol. The number of benzene rings is 1. The zero-order valence-electron chi connectivity index (χ0n) is 15.7. The number of carbonyl (C=O) groups excluding carboxylic acids is 1. The Bertz CT molecular complexity index is 740. The molecule has 1 aliphatic rings. The molecule has 0 saturated heterocycles. The van der Waals surface area contributed by atoms with Crippen molar-refractivity contribution < 1.29 is 4.79 Å². The van der Waals surface area contributed by atoms with Crippen LogP contribution < -0.4 is 0 Å². The summed E-state index contributed by atoms with van der Waals surface area (Å²) >= 11 is 6.23. The van der Waals surface area contributed by atoms with Crippen LogP contribution in [0.25, 0.3) is 0 Å². The highest BCUT2D eigenvalue weighted by molar-refractivity contribution is 6.31. The Labute approximate surface area is 161 Å². The molecule has 0 unspecified atom stereocenters. The van der Waals surface area contributed by atoms with Gasteiger partial charge >= 0.3 is 0 Å². The molecule has 0 aliphatic carbocycles. The molecule has 1 atom stereocenters. The summed E-state index contributed by atoms with van der Waals surface area (Å²) in [5.41, 5.74) is 2.27. The lowest BCUT2D eigenvalue weighted by Gasteiger charge is -2.25. The molecule has 26 heavy (non-hydrogen) atoms. The van der Waals surface area contributed by atoms with Gasteiger partial charge in [-0.05, 0) is 63.2 Å². The van der Waals surface area contributed by atoms with Crippen LogP contribution in [-0.4, -0.2) is 47.5 Å². The number of aromatic nitrogens is 1. The zero-order chi connectivity index (χ0) is 18.5. The lowest BCUT2D eigenvalue weighted by Crippen LogP contribution is -2.35. The largest absolute Gasteiger partial charge is 0.349 e. The van der Waals surface area contributed by atoms with E-state index in [9.17, 15) is 4.79 Å². The standard InChI is InChI=1S/C21H28ClN3O/c1-23(2)13-11-17-14-24-12-5-7-19(24)16-25(15-17)21(26)10-9-18-6-3-4-8-20(18)22/h3-8,12,17H,9-11,13-16H2,1-2H3/t17-/m1/s1. The number of nitrogens with zero attached hydrogens (tertiary/aromatic N) is 3. The maximum Gasteiger partial charge on any atom is 0.223 e. The van der Waals surface area contributed by atoms with Gasteiger partial charge in [0, 0.05) is 36.4 Å². The summed E-state index contributed by atoms with van der Waals surface area (Å²) in [6.07, 6.45) is 4.43. The van der Waals surface area contributed by atoms with Gasteiger partial charge in [0.05, 0.1) is 6.54 Å². The number of hydrogen-bond acceptors (Lipinski definition) is 2. The fourth-order valence-electron chi connectivity index (χ4n) is 3.59. The molecule has 140 valence electrons. The third-order valence-electron chi connectivity index (χ3n) is 5.11. The molecule has 3 rings (SSSR count). The molecule has 2 heterocycles. The highest BCUT2D eigenvalue weighted by atomic mass is 35.5. The van der Waals surface area contributed by atoms with E-state index < -0.39 is 0 Å². The Morgan fingerprint density at radius 2 is 2.00 bits per heavy atom. The maximum atomic E-state index is 12.9. The van der Waals surface area contributed by atoms with Crippen LogP contribution in [0.2, 0.25) is 5.02 Å². The van der Waals surface area contributed by atoms with E-state index in [4.69, 9.17) is 11.6 Å². The van der Waals surface area contributed by atoms with Crippen LogP contribution in [0.1, 0.15) is 24.1 Å². The van der Waals surface area contributed by atoms with Crippen molar-refractivity contribution in [1.29, 1.82) is 0 Å². The van der Waals surface area contributed by atoms with E-state index in [0.29, 0.717) is 25.3 Å². The fourth-order valence-corrected chi connectivity index (χ4v) is 3.82. The molecule has 0 radical (unpaired) electrons. The molecule has 0 fully saturated rings. The molecule has 1 amide bonds. The molecule has 0 N–H and O–H groups in total. The molecule has 1 aromatic carbocycles. The third kappa shape index (κ3) is 4.89. The fraction of sp³-hybridized carbons (Fsp3) is 0.476. The van der Waals surface area contributed by atoms with Crippen LogP contribution in [0.5, 0.6) is 0 Å². The molecule has 0 bridgehead atoms. The quantitative estimate of drug-likeness (QED) is 0.772. The van der Waals surface area contributed by atoms with E-state index in [1.165, 1.54) is 5.69 Å². The minimum Gasteiger partial charge on any atom is -0.349 e. The van der Waals surface area contributed by atoms with Crippen molar-refractivity contribution >= 4 is 17.5 Å². The van der Waals surface area contributed by atoms with Crippen LogP contribution in [0.15, 0.2) is 42.6 Å². The lowest BCUT2D eigenvalue weighted by atomic mass is 10.0. The SMILES string of the molecule is CN(C)CC[C@H]1CN(C(=O)CCc2ccccc2Cl)Cc2cccn2C1. The molecule has 0 saturated carbocycles. The topological polar surface area (TPSA) is 28.5 Å². The molecule has 4 nitrogen and oxygen atoms in total. The predicted molar refractivity (Wildman–Crippen MR) is 106 cm³/mol. The van der Waals surface area contributed by atoms with E-state index in [1.54, 1.807) is 0 Å². The summed E-state index contributed by atoms with van der Waals surface area (Å²) in [7, 11) is 4.20. The van der Waals surface area contributed by atoms with Gasteiger partial charge in [-0.1, -0.05) is 29.8 Å². The molecule has 0 spiro atoms. The van der Waals surface area contributed by atoms with Gasteiger partial charge in [0.2, 0.25) is 5.91 Å². The number of fused-ring (bicyclic) bond motifs is 1. The summed E-state index contributed by atoms with van der Waals surface area (Å²) in [6.45, 7) is 3.57. The molecule has 5 heteroatoms. The van der Waals surface area contributed by atoms with Gasteiger partial charge in [0.15, 0.2) is 0 Å². The first-order valence-electron chi connectivity index (χ1n) is 9.33. The Morgan fingerprint density at radius 1 is 1.19 bits per heavy atom. The van der Waals surface area contributed by atoms with Crippen molar-refractivity contribution in [3.8, 4) is 0 Å². The van der Waals surface area contributed by atoms with Crippen molar-refractivity contribution in [3.05, 3.63) is 58.9 Å². The second-order valence-corrected chi connectivity index (χ2v) is 7.88. The molecular formula is C21H28ClN3O. The maximum absolute atomic E-state index is 12.9. The predicted octanol–water partition coefficient (Wildman–Crippen LogP) is 3.68. The lowest BCUT2D eigenvalue weighted by molar-refractivity contribution is -0.132. The van der Waals surface area contributed by atoms with Crippen LogP contribution >= 0.6 is 11.6 Å². The normalized spacial score (nSPS) is 17.2. The number of rotatable bonds is 6. The Morgan fingerprint density at radius 3 is 2.77 bits per heavy atom. The van der Waals surface area contributed by atoms with Gasteiger partial charge in [0.1, 0.15) is 0 Å². The third-order valence-corrected chi connectivity index (χ3v) is 5.48. The second-order valence-electron chi connectivity index (χ2n) is 7.48. The Hall–Kier alpha value is -1.78. The van der Waals surface area contributed by atoms with Gasteiger partial charge in [-0.3, -0.25) is 4.79 Å². The minimum atomic E-state index is 0.217. The van der Waals surface area contributed by atoms with Crippen LogP contribution in [0, 0.1) is 5.92 Å². The molecular weight excluding hydrogens is 346 g/mol. The summed E-state index contributed by atoms with van der Waals surface area (Å²) in [5.74, 6) is 0.699. The van der Waals surface area contributed by atoms with E-state index in [1.807, 2.05) is 29.2 Å². The Balaban J connectivity index is 1.66. The van der Waals surface area contributed by atoms with E-state index in [-0.39, 0.29) is 5.91 Å². The van der Waals surface area contributed by atoms with E-state index >= 15 is 0 Å². The van der Waals surface area contributed by atoms with Crippen LogP contribution in [0.4, 0.5) is 0 Å². The molecule has 1 aromatic heterocycles. The summed E-state index contributed by atoms with van der Waals surface area (Å²) < 4.78 is 2.31. The Kier molecular flexibility index (Phi) is 6.38. The van der Waals surface area contributed by atoms with Crippen LogP contribution in [0.3, 0.4) is 0 Å². The van der Waals surface area contributed by atoms with Gasteiger partial charge < -0.3 is 14.4 Å². The highest BCUT2D eigenvalue weighted by Gasteiger charge is 2.24. The van der Waals surface area contributed by atoms with Crippen molar-refractivity contribution in [2.24, 2.45) is 5.92 Å². The zero-order valence-corrected chi connectivity index (χ0v) is 16.5. The van der Waals surface area contributed by atoms with E-state index in [0.717, 1.165) is 36.6 Å². The first kappa shape index (κ1) is 19.0. The molecule has 1 aliphatic heterocycles. The van der Waals surface area contributed by atoms with Crippen molar-refractivity contribution in [2.45, 2.75) is 32.4 Å². The summed E-state index contributed by atoms with van der Waals surface area (Å²) in [6, 6.07) is 12.0. The van der Waals surface area contributed by atoms with Crippen LogP contribution in [-0.2, 0) is 24.3 Å². The summed E-state index contributed by atoms with van der Waals surface area (Å²) in [5, 5.41) is 0.744. The first-order valence-corrected chi connectivity index (χ1v) is 9.70. The minimum absolute atomic E-state index is 0.217. The first-order chi connectivity index (χ1) is 12.5. The van der Waals surface area contributed by atoms with Crippen molar-refractivity contribution in [2.75, 3.05) is 27.2 Å². The number of halogens is 1. The molecule has 2 aromatic rings. The number of aryl methyl sites for hydroxylation is 1. The number of carbonyl (C=O) groups is 1.